The van der Waals surface area contributed by atoms with Gasteiger partial charge in [-0.1, -0.05) is 34.1 Å². The topological polar surface area (TPSA) is 87.3 Å². The van der Waals surface area contributed by atoms with Crippen LogP contribution in [0, 0.1) is 0 Å². The smallest absolute Gasteiger partial charge is 0.262 e. The number of nitrogens with one attached hydrogen (secondary N) is 3. The molecule has 1 atom stereocenters. The highest BCUT2D eigenvalue weighted by molar-refractivity contribution is 9.10. The van der Waals surface area contributed by atoms with Crippen molar-refractivity contribution in [2.75, 3.05) is 10.6 Å². The number of amides is 1. The average molecular weight is 382 g/mol. The molecular weight excluding hydrogens is 370 g/mol. The summed E-state index contributed by atoms with van der Waals surface area (Å²) in [4.78, 5) is 12.4. The van der Waals surface area contributed by atoms with Crippen molar-refractivity contribution < 1.29 is 13.2 Å². The van der Waals surface area contributed by atoms with Crippen molar-refractivity contribution in [2.24, 2.45) is 0 Å². The van der Waals surface area contributed by atoms with E-state index in [0.717, 1.165) is 4.47 Å². The normalized spacial score (nSPS) is 18.9. The third-order valence-electron chi connectivity index (χ3n) is 3.10. The van der Waals surface area contributed by atoms with Crippen LogP contribution in [0.3, 0.4) is 0 Å². The summed E-state index contributed by atoms with van der Waals surface area (Å²) in [5, 5.41) is 5.54. The van der Waals surface area contributed by atoms with E-state index in [1.807, 2.05) is 6.07 Å². The highest BCUT2D eigenvalue weighted by Gasteiger charge is 2.32. The average Bonchev–Trinajstić information content (AvgIpc) is 2.46. The molecule has 1 aliphatic rings. The lowest BCUT2D eigenvalue weighted by molar-refractivity contribution is -0.117. The number of fused-ring (bicyclic) bond motifs is 1. The Balaban J connectivity index is 1.84. The summed E-state index contributed by atoms with van der Waals surface area (Å²) in [6.07, 6.45) is -1.07. The summed E-state index contributed by atoms with van der Waals surface area (Å²) in [6.45, 7) is 0. The summed E-state index contributed by atoms with van der Waals surface area (Å²) in [5.41, 5.74) is 0.967. The Morgan fingerprint density at radius 2 is 1.91 bits per heavy atom. The first-order chi connectivity index (χ1) is 10.5. The van der Waals surface area contributed by atoms with Crippen LogP contribution in [0.15, 0.2) is 57.9 Å². The predicted octanol–water partition coefficient (Wildman–Crippen LogP) is 2.12. The van der Waals surface area contributed by atoms with Crippen LogP contribution in [0.5, 0.6) is 0 Å². The monoisotopic (exact) mass is 381 g/mol. The Morgan fingerprint density at radius 3 is 2.68 bits per heavy atom. The van der Waals surface area contributed by atoms with Crippen molar-refractivity contribution in [2.45, 2.75) is 11.1 Å². The number of hydrogen-bond donors (Lipinski definition) is 3. The highest BCUT2D eigenvalue weighted by atomic mass is 79.9. The van der Waals surface area contributed by atoms with Crippen LogP contribution in [-0.4, -0.2) is 20.5 Å². The van der Waals surface area contributed by atoms with Gasteiger partial charge in [-0.15, -0.1) is 0 Å². The Hall–Kier alpha value is -1.90. The quantitative estimate of drug-likeness (QED) is 0.743. The maximum Gasteiger partial charge on any atom is 0.262 e. The van der Waals surface area contributed by atoms with Crippen molar-refractivity contribution in [3.05, 3.63) is 53.0 Å². The molecule has 1 heterocycles. The molecule has 2 aromatic carbocycles. The molecule has 8 heteroatoms. The fourth-order valence-corrected chi connectivity index (χ4v) is 3.80. The summed E-state index contributed by atoms with van der Waals surface area (Å²) in [5.74, 6) is -0.490. The molecule has 0 radical (unpaired) electrons. The second-order valence-electron chi connectivity index (χ2n) is 4.69. The zero-order chi connectivity index (χ0) is 15.7. The van der Waals surface area contributed by atoms with Crippen molar-refractivity contribution >= 4 is 43.2 Å². The SMILES string of the molecule is O=C(Nc1cccc(Br)c1)[C@@H]1Nc2ccccc2S(=O)(=O)N1. The van der Waals surface area contributed by atoms with E-state index in [1.165, 1.54) is 6.07 Å². The van der Waals surface area contributed by atoms with Gasteiger partial charge in [0, 0.05) is 10.2 Å². The summed E-state index contributed by atoms with van der Waals surface area (Å²) in [6, 6.07) is 13.5. The van der Waals surface area contributed by atoms with Gasteiger partial charge in [-0.05, 0) is 30.3 Å². The number of carbonyl (C=O) groups is 1. The Kier molecular flexibility index (Phi) is 3.90. The second kappa shape index (κ2) is 5.71. The second-order valence-corrected chi connectivity index (χ2v) is 7.29. The minimum absolute atomic E-state index is 0.126. The molecule has 0 saturated heterocycles. The lowest BCUT2D eigenvalue weighted by Crippen LogP contribution is -2.51. The number of anilines is 2. The summed E-state index contributed by atoms with van der Waals surface area (Å²) >= 11 is 3.31. The number of hydrogen-bond acceptors (Lipinski definition) is 4. The fraction of sp³-hybridized carbons (Fsp3) is 0.0714. The fourth-order valence-electron chi connectivity index (χ4n) is 2.12. The van der Waals surface area contributed by atoms with Gasteiger partial charge in [-0.2, -0.15) is 4.72 Å². The van der Waals surface area contributed by atoms with Gasteiger partial charge in [0.2, 0.25) is 10.0 Å². The van der Waals surface area contributed by atoms with Crippen LogP contribution in [0.1, 0.15) is 0 Å². The molecule has 2 aromatic rings. The minimum atomic E-state index is -3.72. The van der Waals surface area contributed by atoms with E-state index in [9.17, 15) is 13.2 Å². The molecule has 3 N–H and O–H groups in total. The maximum absolute atomic E-state index is 12.3. The molecule has 1 aliphatic heterocycles. The molecule has 0 spiro atoms. The first-order valence-electron chi connectivity index (χ1n) is 6.40. The van der Waals surface area contributed by atoms with Crippen LogP contribution in [0.2, 0.25) is 0 Å². The van der Waals surface area contributed by atoms with E-state index in [4.69, 9.17) is 0 Å². The van der Waals surface area contributed by atoms with Gasteiger partial charge in [0.25, 0.3) is 5.91 Å². The number of benzene rings is 2. The molecule has 0 bridgehead atoms. The number of halogens is 1. The van der Waals surface area contributed by atoms with E-state index in [-0.39, 0.29) is 4.90 Å². The molecule has 0 aromatic heterocycles. The van der Waals surface area contributed by atoms with Crippen LogP contribution in [-0.2, 0) is 14.8 Å². The van der Waals surface area contributed by atoms with E-state index in [2.05, 4.69) is 31.3 Å². The van der Waals surface area contributed by atoms with Crippen molar-refractivity contribution in [3.63, 3.8) is 0 Å². The van der Waals surface area contributed by atoms with E-state index < -0.39 is 22.1 Å². The molecule has 114 valence electrons. The highest BCUT2D eigenvalue weighted by Crippen LogP contribution is 2.25. The Morgan fingerprint density at radius 1 is 1.14 bits per heavy atom. The molecule has 0 saturated carbocycles. The summed E-state index contributed by atoms with van der Waals surface area (Å²) in [7, 11) is -3.72. The zero-order valence-corrected chi connectivity index (χ0v) is 13.6. The Bertz CT molecular complexity index is 839. The minimum Gasteiger partial charge on any atom is -0.360 e. The van der Waals surface area contributed by atoms with Crippen LogP contribution in [0.4, 0.5) is 11.4 Å². The van der Waals surface area contributed by atoms with E-state index in [1.54, 1.807) is 36.4 Å². The molecule has 3 rings (SSSR count). The number of rotatable bonds is 2. The third kappa shape index (κ3) is 2.99. The molecule has 6 nitrogen and oxygen atoms in total. The summed E-state index contributed by atoms with van der Waals surface area (Å²) < 4.78 is 27.4. The van der Waals surface area contributed by atoms with Crippen molar-refractivity contribution in [1.82, 2.24) is 4.72 Å². The maximum atomic E-state index is 12.3. The van der Waals surface area contributed by atoms with Gasteiger partial charge >= 0.3 is 0 Å². The number of para-hydroxylation sites is 1. The van der Waals surface area contributed by atoms with Gasteiger partial charge in [-0.3, -0.25) is 4.79 Å². The van der Waals surface area contributed by atoms with Crippen LogP contribution in [0.25, 0.3) is 0 Å². The molecular formula is C14H12BrN3O3S. The first kappa shape index (κ1) is 15.0. The first-order valence-corrected chi connectivity index (χ1v) is 8.68. The molecule has 0 unspecified atom stereocenters. The largest absolute Gasteiger partial charge is 0.360 e. The Labute approximate surface area is 136 Å². The lowest BCUT2D eigenvalue weighted by atomic mass is 10.3. The lowest BCUT2D eigenvalue weighted by Gasteiger charge is -2.27. The van der Waals surface area contributed by atoms with Gasteiger partial charge in [0.1, 0.15) is 4.90 Å². The van der Waals surface area contributed by atoms with Gasteiger partial charge in [-0.25, -0.2) is 8.42 Å². The zero-order valence-electron chi connectivity index (χ0n) is 11.2. The van der Waals surface area contributed by atoms with Crippen LogP contribution >= 0.6 is 15.9 Å². The van der Waals surface area contributed by atoms with Gasteiger partial charge in [0.15, 0.2) is 6.17 Å². The van der Waals surface area contributed by atoms with Crippen molar-refractivity contribution in [1.29, 1.82) is 0 Å². The van der Waals surface area contributed by atoms with Crippen molar-refractivity contribution in [3.8, 4) is 0 Å². The molecule has 1 amide bonds. The number of sulfonamides is 1. The predicted molar refractivity (Wildman–Crippen MR) is 86.9 cm³/mol. The third-order valence-corrected chi connectivity index (χ3v) is 5.08. The van der Waals surface area contributed by atoms with E-state index in [0.29, 0.717) is 11.4 Å². The molecule has 0 fully saturated rings. The van der Waals surface area contributed by atoms with E-state index >= 15 is 0 Å². The van der Waals surface area contributed by atoms with Gasteiger partial charge < -0.3 is 10.6 Å². The standard InChI is InChI=1S/C14H12BrN3O3S/c15-9-4-3-5-10(8-9)16-14(19)13-17-11-6-1-2-7-12(11)22(20,21)18-13/h1-8,13,17-18H,(H,16,19)/t13-/m1/s1. The van der Waals surface area contributed by atoms with Crippen LogP contribution < -0.4 is 15.4 Å². The number of carbonyl (C=O) groups excluding carboxylic acids is 1. The van der Waals surface area contributed by atoms with Gasteiger partial charge in [0.05, 0.1) is 5.69 Å². The molecule has 0 aliphatic carbocycles. The molecule has 22 heavy (non-hydrogen) atoms.